The van der Waals surface area contributed by atoms with Crippen molar-refractivity contribution in [1.82, 2.24) is 4.98 Å². The molecule has 0 saturated heterocycles. The Labute approximate surface area is 201 Å². The molecule has 0 aliphatic rings. The molecule has 1 heterocycles. The highest BCUT2D eigenvalue weighted by atomic mass is 32.1. The van der Waals surface area contributed by atoms with E-state index in [1.165, 1.54) is 0 Å². The number of aromatic nitrogens is 1. The second kappa shape index (κ2) is 9.08. The number of aryl methyl sites for hydroxylation is 1. The molecular formula is C28H22N2O3S. The van der Waals surface area contributed by atoms with Gasteiger partial charge in [0.1, 0.15) is 5.01 Å². The lowest BCUT2D eigenvalue weighted by Gasteiger charge is -2.12. The van der Waals surface area contributed by atoms with Gasteiger partial charge in [-0.3, -0.25) is 4.79 Å². The van der Waals surface area contributed by atoms with Crippen LogP contribution in [0.2, 0.25) is 0 Å². The smallest absolute Gasteiger partial charge is 0.339 e. The lowest BCUT2D eigenvalue weighted by molar-refractivity contribution is -0.119. The van der Waals surface area contributed by atoms with Crippen LogP contribution in [0.25, 0.3) is 31.6 Å². The van der Waals surface area contributed by atoms with Gasteiger partial charge in [-0.15, -0.1) is 11.3 Å². The number of anilines is 1. The Bertz CT molecular complexity index is 1520. The quantitative estimate of drug-likeness (QED) is 0.299. The Hall–Kier alpha value is -4.03. The van der Waals surface area contributed by atoms with E-state index < -0.39 is 5.97 Å². The Morgan fingerprint density at radius 2 is 1.68 bits per heavy atom. The number of hydrogen-bond acceptors (Lipinski definition) is 5. The highest BCUT2D eigenvalue weighted by Gasteiger charge is 2.18. The number of carbonyl (C=O) groups excluding carboxylic acids is 2. The van der Waals surface area contributed by atoms with Crippen molar-refractivity contribution in [3.05, 3.63) is 95.6 Å². The molecule has 34 heavy (non-hydrogen) atoms. The van der Waals surface area contributed by atoms with Gasteiger partial charge in [0.2, 0.25) is 0 Å². The summed E-state index contributed by atoms with van der Waals surface area (Å²) in [6.45, 7) is 3.55. The molecule has 0 aliphatic carbocycles. The predicted octanol–water partition coefficient (Wildman–Crippen LogP) is 6.53. The van der Waals surface area contributed by atoms with Gasteiger partial charge in [0, 0.05) is 16.6 Å². The molecule has 5 nitrogen and oxygen atoms in total. The number of ether oxygens (including phenoxy) is 1. The number of hydrogen-bond donors (Lipinski definition) is 1. The van der Waals surface area contributed by atoms with Crippen LogP contribution in [-0.4, -0.2) is 23.5 Å². The fourth-order valence-electron chi connectivity index (χ4n) is 3.96. The lowest BCUT2D eigenvalue weighted by Crippen LogP contribution is -2.21. The van der Waals surface area contributed by atoms with E-state index in [1.807, 2.05) is 86.6 Å². The second-order valence-electron chi connectivity index (χ2n) is 8.07. The van der Waals surface area contributed by atoms with Gasteiger partial charge in [0.15, 0.2) is 6.61 Å². The van der Waals surface area contributed by atoms with Crippen molar-refractivity contribution >= 4 is 49.9 Å². The third-order valence-electron chi connectivity index (χ3n) is 5.86. The van der Waals surface area contributed by atoms with Gasteiger partial charge in [-0.1, -0.05) is 54.6 Å². The van der Waals surface area contributed by atoms with Crippen molar-refractivity contribution in [2.45, 2.75) is 13.8 Å². The van der Waals surface area contributed by atoms with Gasteiger partial charge in [0.05, 0.1) is 15.8 Å². The van der Waals surface area contributed by atoms with Crippen LogP contribution in [0.4, 0.5) is 5.69 Å². The van der Waals surface area contributed by atoms with Gasteiger partial charge in [0.25, 0.3) is 5.91 Å². The second-order valence-corrected chi connectivity index (χ2v) is 9.10. The van der Waals surface area contributed by atoms with Crippen LogP contribution in [0.3, 0.4) is 0 Å². The highest BCUT2D eigenvalue weighted by molar-refractivity contribution is 7.21. The molecule has 0 radical (unpaired) electrons. The molecule has 1 amide bonds. The highest BCUT2D eigenvalue weighted by Crippen LogP contribution is 2.36. The fraction of sp³-hybridized carbons (Fsp3) is 0.107. The number of esters is 1. The third kappa shape index (κ3) is 4.16. The Balaban J connectivity index is 1.42. The van der Waals surface area contributed by atoms with E-state index in [0.717, 1.165) is 42.7 Å². The lowest BCUT2D eigenvalue weighted by atomic mass is 9.99. The van der Waals surface area contributed by atoms with Crippen molar-refractivity contribution in [1.29, 1.82) is 0 Å². The summed E-state index contributed by atoms with van der Waals surface area (Å²) in [5, 5.41) is 5.33. The largest absolute Gasteiger partial charge is 0.452 e. The van der Waals surface area contributed by atoms with Gasteiger partial charge in [-0.2, -0.15) is 0 Å². The summed E-state index contributed by atoms with van der Waals surface area (Å²) >= 11 is 1.58. The Morgan fingerprint density at radius 1 is 0.912 bits per heavy atom. The van der Waals surface area contributed by atoms with Gasteiger partial charge >= 0.3 is 5.97 Å². The van der Waals surface area contributed by atoms with Crippen LogP contribution >= 0.6 is 11.3 Å². The predicted molar refractivity (Wildman–Crippen MR) is 137 cm³/mol. The normalized spacial score (nSPS) is 11.0. The van der Waals surface area contributed by atoms with Crippen molar-refractivity contribution in [3.63, 3.8) is 0 Å². The molecule has 1 N–H and O–H groups in total. The van der Waals surface area contributed by atoms with Crippen molar-refractivity contribution in [3.8, 4) is 10.6 Å². The number of amides is 1. The summed E-state index contributed by atoms with van der Waals surface area (Å²) in [6.07, 6.45) is 0. The number of fused-ring (bicyclic) bond motifs is 2. The number of thiazole rings is 1. The fourth-order valence-corrected chi connectivity index (χ4v) is 4.96. The molecular weight excluding hydrogens is 444 g/mol. The molecule has 0 bridgehead atoms. The number of carbonyl (C=O) groups is 2. The van der Waals surface area contributed by atoms with E-state index in [0.29, 0.717) is 11.3 Å². The van der Waals surface area contributed by atoms with Gasteiger partial charge < -0.3 is 10.1 Å². The summed E-state index contributed by atoms with van der Waals surface area (Å²) in [5.74, 6) is -0.927. The third-order valence-corrected chi connectivity index (χ3v) is 6.93. The van der Waals surface area contributed by atoms with Crippen LogP contribution in [-0.2, 0) is 9.53 Å². The molecule has 0 unspecified atom stereocenters. The molecule has 5 rings (SSSR count). The number of para-hydroxylation sites is 1. The molecule has 5 aromatic rings. The number of benzene rings is 4. The maximum Gasteiger partial charge on any atom is 0.339 e. The molecule has 0 spiro atoms. The van der Waals surface area contributed by atoms with Crippen LogP contribution in [0.15, 0.2) is 78.9 Å². The minimum absolute atomic E-state index is 0.369. The molecule has 6 heteroatoms. The molecule has 1 aromatic heterocycles. The van der Waals surface area contributed by atoms with Crippen LogP contribution in [0.1, 0.15) is 21.5 Å². The van der Waals surface area contributed by atoms with Crippen LogP contribution < -0.4 is 5.32 Å². The van der Waals surface area contributed by atoms with Gasteiger partial charge in [-0.25, -0.2) is 9.78 Å². The number of rotatable bonds is 5. The summed E-state index contributed by atoms with van der Waals surface area (Å²) in [7, 11) is 0. The zero-order valence-corrected chi connectivity index (χ0v) is 19.6. The average Bonchev–Trinajstić information content (AvgIpc) is 3.29. The standard InChI is InChI=1S/C28H22N2O3S/c1-17-8-5-14-22(18(17)2)29-25(31)16-33-28(32)21-12-7-10-19-9-6-11-20(26(19)21)27-30-23-13-3-4-15-24(23)34-27/h3-15H,16H2,1-2H3,(H,29,31). The molecule has 0 atom stereocenters. The minimum atomic E-state index is -0.546. The Morgan fingerprint density at radius 3 is 2.50 bits per heavy atom. The first-order valence-electron chi connectivity index (χ1n) is 10.9. The minimum Gasteiger partial charge on any atom is -0.452 e. The van der Waals surface area contributed by atoms with Crippen molar-refractivity contribution < 1.29 is 14.3 Å². The zero-order valence-electron chi connectivity index (χ0n) is 18.8. The van der Waals surface area contributed by atoms with Crippen molar-refractivity contribution in [2.24, 2.45) is 0 Å². The molecule has 0 aliphatic heterocycles. The van der Waals surface area contributed by atoms with E-state index in [9.17, 15) is 9.59 Å². The molecule has 0 saturated carbocycles. The first kappa shape index (κ1) is 21.8. The molecule has 0 fully saturated rings. The molecule has 168 valence electrons. The SMILES string of the molecule is Cc1cccc(NC(=O)COC(=O)c2cccc3cccc(-c4nc5ccccc5s4)c23)c1C. The van der Waals surface area contributed by atoms with E-state index in [-0.39, 0.29) is 12.5 Å². The van der Waals surface area contributed by atoms with Crippen molar-refractivity contribution in [2.75, 3.05) is 11.9 Å². The topological polar surface area (TPSA) is 68.3 Å². The maximum absolute atomic E-state index is 13.1. The van der Waals surface area contributed by atoms with E-state index in [1.54, 1.807) is 17.4 Å². The first-order chi connectivity index (χ1) is 16.5. The maximum atomic E-state index is 13.1. The first-order valence-corrected chi connectivity index (χ1v) is 11.7. The van der Waals surface area contributed by atoms with E-state index in [4.69, 9.17) is 9.72 Å². The zero-order chi connectivity index (χ0) is 23.7. The number of nitrogens with one attached hydrogen (secondary N) is 1. The average molecular weight is 467 g/mol. The van der Waals surface area contributed by atoms with Crippen LogP contribution in [0.5, 0.6) is 0 Å². The summed E-state index contributed by atoms with van der Waals surface area (Å²) in [4.78, 5) is 30.3. The summed E-state index contributed by atoms with van der Waals surface area (Å²) in [6, 6.07) is 25.0. The van der Waals surface area contributed by atoms with E-state index >= 15 is 0 Å². The van der Waals surface area contributed by atoms with E-state index in [2.05, 4.69) is 5.32 Å². The number of nitrogens with zero attached hydrogens (tertiary/aromatic N) is 1. The molecule has 4 aromatic carbocycles. The Kier molecular flexibility index (Phi) is 5.82. The van der Waals surface area contributed by atoms with Crippen LogP contribution in [0, 0.1) is 13.8 Å². The summed E-state index contributed by atoms with van der Waals surface area (Å²) < 4.78 is 6.50. The summed E-state index contributed by atoms with van der Waals surface area (Å²) in [5.41, 5.74) is 4.97. The monoisotopic (exact) mass is 466 g/mol. The van der Waals surface area contributed by atoms with Gasteiger partial charge in [-0.05, 0) is 54.6 Å².